The van der Waals surface area contributed by atoms with Crippen LogP contribution >= 0.6 is 0 Å². The third kappa shape index (κ3) is 3.30. The molecule has 0 amide bonds. The third-order valence-corrected chi connectivity index (χ3v) is 3.92. The molecule has 8 nitrogen and oxygen atoms in total. The number of aromatic amines is 3. The molecule has 0 unspecified atom stereocenters. The van der Waals surface area contributed by atoms with Crippen LogP contribution in [0.1, 0.15) is 23.9 Å². The summed E-state index contributed by atoms with van der Waals surface area (Å²) in [5.41, 5.74) is 0.843. The van der Waals surface area contributed by atoms with E-state index in [4.69, 9.17) is 4.74 Å². The zero-order valence-corrected chi connectivity index (χ0v) is 14.3. The van der Waals surface area contributed by atoms with Gasteiger partial charge in [0.1, 0.15) is 10.7 Å². The number of phenols is 1. The van der Waals surface area contributed by atoms with Crippen molar-refractivity contribution in [3.8, 4) is 11.5 Å². The molecule has 0 aliphatic heterocycles. The zero-order valence-electron chi connectivity index (χ0n) is 14.3. The van der Waals surface area contributed by atoms with Gasteiger partial charge < -0.3 is 24.8 Å². The molecule has 4 N–H and O–H groups in total. The summed E-state index contributed by atoms with van der Waals surface area (Å²) in [6, 6.07) is 4.86. The summed E-state index contributed by atoms with van der Waals surface area (Å²) >= 11 is 0. The number of methoxy groups -OCH3 is 1. The average molecular weight is 354 g/mol. The van der Waals surface area contributed by atoms with Crippen LogP contribution in [0.5, 0.6) is 11.5 Å². The van der Waals surface area contributed by atoms with E-state index in [1.165, 1.54) is 25.6 Å². The fourth-order valence-corrected chi connectivity index (χ4v) is 2.55. The van der Waals surface area contributed by atoms with Crippen LogP contribution in [0.3, 0.4) is 0 Å². The smallest absolute Gasteiger partial charge is 0.272 e. The number of rotatable bonds is 4. The molecule has 0 radical (unpaired) electrons. The first-order chi connectivity index (χ1) is 12.5. The van der Waals surface area contributed by atoms with Crippen LogP contribution in [0.2, 0.25) is 0 Å². The number of hydrogen-bond donors (Lipinski definition) is 4. The Morgan fingerprint density at radius 2 is 1.85 bits per heavy atom. The Bertz CT molecular complexity index is 1170. The van der Waals surface area contributed by atoms with Crippen molar-refractivity contribution in [2.45, 2.75) is 13.3 Å². The standard InChI is InChI=1S/C18H18N4O4/c1-3-11-12(20-9-19-11)8-14-18(25)21-13(17(24)22-14)7-10-5-4-6-15(26-2)16(10)23/h4-9,23H,3H2,1-2H3,(H,19,20)(H,21,25)(H,22,24)/b13-7-,14-8-. The Morgan fingerprint density at radius 1 is 1.15 bits per heavy atom. The lowest BCUT2D eigenvalue weighted by atomic mass is 10.1. The van der Waals surface area contributed by atoms with Crippen molar-refractivity contribution in [1.29, 1.82) is 0 Å². The summed E-state index contributed by atoms with van der Waals surface area (Å²) in [5, 5.41) is 10.2. The largest absolute Gasteiger partial charge is 0.504 e. The monoisotopic (exact) mass is 354 g/mol. The highest BCUT2D eigenvalue weighted by Gasteiger charge is 2.06. The molecule has 2 aromatic heterocycles. The van der Waals surface area contributed by atoms with E-state index in [1.54, 1.807) is 18.2 Å². The van der Waals surface area contributed by atoms with Gasteiger partial charge in [0.15, 0.2) is 11.5 Å². The van der Waals surface area contributed by atoms with Gasteiger partial charge in [-0.3, -0.25) is 9.59 Å². The molecule has 0 saturated carbocycles. The third-order valence-electron chi connectivity index (χ3n) is 3.92. The van der Waals surface area contributed by atoms with E-state index < -0.39 is 11.1 Å². The summed E-state index contributed by atoms with van der Waals surface area (Å²) < 4.78 is 5.03. The van der Waals surface area contributed by atoms with Gasteiger partial charge in [0.05, 0.1) is 19.1 Å². The summed E-state index contributed by atoms with van der Waals surface area (Å²) in [4.78, 5) is 36.8. The van der Waals surface area contributed by atoms with Crippen molar-refractivity contribution < 1.29 is 9.84 Å². The molecule has 1 aromatic carbocycles. The Balaban J connectivity index is 2.15. The summed E-state index contributed by atoms with van der Waals surface area (Å²) in [7, 11) is 1.43. The maximum absolute atomic E-state index is 12.3. The maximum atomic E-state index is 12.3. The molecule has 0 spiro atoms. The molecule has 0 atom stereocenters. The number of nitrogens with zero attached hydrogens (tertiary/aromatic N) is 1. The maximum Gasteiger partial charge on any atom is 0.272 e. The minimum Gasteiger partial charge on any atom is -0.504 e. The normalized spacial score (nSPS) is 12.5. The fraction of sp³-hybridized carbons (Fsp3) is 0.167. The van der Waals surface area contributed by atoms with Crippen molar-refractivity contribution in [3.05, 3.63) is 72.9 Å². The number of aromatic hydroxyl groups is 1. The first-order valence-corrected chi connectivity index (χ1v) is 7.97. The molecule has 26 heavy (non-hydrogen) atoms. The lowest BCUT2D eigenvalue weighted by Crippen LogP contribution is -2.46. The highest BCUT2D eigenvalue weighted by Crippen LogP contribution is 2.29. The van der Waals surface area contributed by atoms with Crippen molar-refractivity contribution >= 4 is 12.2 Å². The topological polar surface area (TPSA) is 124 Å². The van der Waals surface area contributed by atoms with Crippen LogP contribution < -0.4 is 26.6 Å². The Labute approximate surface area is 147 Å². The Hall–Kier alpha value is -3.55. The van der Waals surface area contributed by atoms with Crippen LogP contribution in [0.15, 0.2) is 34.1 Å². The quantitative estimate of drug-likeness (QED) is 0.513. The van der Waals surface area contributed by atoms with Gasteiger partial charge >= 0.3 is 0 Å². The minimum absolute atomic E-state index is 0.0217. The number of aryl methyl sites for hydroxylation is 1. The number of para-hydroxylation sites is 1. The van der Waals surface area contributed by atoms with E-state index in [1.807, 2.05) is 6.92 Å². The van der Waals surface area contributed by atoms with Gasteiger partial charge in [-0.05, 0) is 24.6 Å². The summed E-state index contributed by atoms with van der Waals surface area (Å²) in [6.45, 7) is 1.95. The number of nitrogens with one attached hydrogen (secondary N) is 3. The molecular formula is C18H18N4O4. The number of ether oxygens (including phenoxy) is 1. The van der Waals surface area contributed by atoms with Gasteiger partial charge in [-0.15, -0.1) is 0 Å². The second kappa shape index (κ2) is 7.14. The molecule has 0 bridgehead atoms. The number of H-pyrrole nitrogens is 3. The van der Waals surface area contributed by atoms with Crippen molar-refractivity contribution in [1.82, 2.24) is 19.9 Å². The molecule has 8 heteroatoms. The van der Waals surface area contributed by atoms with Crippen LogP contribution in [-0.2, 0) is 6.42 Å². The first kappa shape index (κ1) is 17.3. The van der Waals surface area contributed by atoms with Gasteiger partial charge in [0.25, 0.3) is 11.1 Å². The number of imidazole rings is 1. The number of aromatic nitrogens is 4. The summed E-state index contributed by atoms with van der Waals surface area (Å²) in [5.74, 6) is 0.156. The SMILES string of the molecule is CCc1[nH]cnc1/C=c1\[nH]c(=O)/c(=C/c2cccc(OC)c2O)[nH]c1=O. The van der Waals surface area contributed by atoms with E-state index in [0.717, 1.165) is 12.1 Å². The lowest BCUT2D eigenvalue weighted by molar-refractivity contribution is 0.373. The predicted molar refractivity (Wildman–Crippen MR) is 96.7 cm³/mol. The molecule has 3 aromatic rings. The minimum atomic E-state index is -0.494. The van der Waals surface area contributed by atoms with Gasteiger partial charge in [-0.2, -0.15) is 0 Å². The molecule has 3 rings (SSSR count). The molecule has 2 heterocycles. The molecule has 0 aliphatic carbocycles. The van der Waals surface area contributed by atoms with E-state index >= 15 is 0 Å². The van der Waals surface area contributed by atoms with Gasteiger partial charge in [0, 0.05) is 11.3 Å². The van der Waals surface area contributed by atoms with Gasteiger partial charge in [0.2, 0.25) is 0 Å². The van der Waals surface area contributed by atoms with E-state index in [-0.39, 0.29) is 22.2 Å². The highest BCUT2D eigenvalue weighted by atomic mass is 16.5. The predicted octanol–water partition coefficient (Wildman–Crippen LogP) is -0.279. The number of benzene rings is 1. The molecular weight excluding hydrogens is 336 g/mol. The van der Waals surface area contributed by atoms with E-state index in [9.17, 15) is 14.7 Å². The second-order valence-corrected chi connectivity index (χ2v) is 5.54. The number of hydrogen-bond acceptors (Lipinski definition) is 5. The molecule has 0 fully saturated rings. The van der Waals surface area contributed by atoms with E-state index in [2.05, 4.69) is 19.9 Å². The zero-order chi connectivity index (χ0) is 18.7. The van der Waals surface area contributed by atoms with Gasteiger partial charge in [-0.1, -0.05) is 19.1 Å². The Morgan fingerprint density at radius 3 is 2.50 bits per heavy atom. The first-order valence-electron chi connectivity index (χ1n) is 7.97. The van der Waals surface area contributed by atoms with Crippen molar-refractivity contribution in [3.63, 3.8) is 0 Å². The second-order valence-electron chi connectivity index (χ2n) is 5.54. The molecule has 0 saturated heterocycles. The van der Waals surface area contributed by atoms with Crippen molar-refractivity contribution in [2.24, 2.45) is 0 Å². The fourth-order valence-electron chi connectivity index (χ4n) is 2.55. The van der Waals surface area contributed by atoms with Crippen LogP contribution in [0.25, 0.3) is 12.2 Å². The summed E-state index contributed by atoms with van der Waals surface area (Å²) in [6.07, 6.45) is 5.15. The van der Waals surface area contributed by atoms with Crippen molar-refractivity contribution in [2.75, 3.05) is 7.11 Å². The molecule has 134 valence electrons. The van der Waals surface area contributed by atoms with Gasteiger partial charge in [-0.25, -0.2) is 4.98 Å². The number of phenolic OH excluding ortho intramolecular Hbond substituents is 1. The van der Waals surface area contributed by atoms with Crippen LogP contribution in [0, 0.1) is 0 Å². The van der Waals surface area contributed by atoms with Crippen LogP contribution in [-0.4, -0.2) is 32.2 Å². The average Bonchev–Trinajstić information content (AvgIpc) is 3.08. The highest BCUT2D eigenvalue weighted by molar-refractivity contribution is 5.60. The lowest BCUT2D eigenvalue weighted by Gasteiger charge is -2.04. The van der Waals surface area contributed by atoms with E-state index in [0.29, 0.717) is 11.3 Å². The van der Waals surface area contributed by atoms with Crippen LogP contribution in [0.4, 0.5) is 0 Å². The Kier molecular flexibility index (Phi) is 4.74. The molecule has 0 aliphatic rings.